The van der Waals surface area contributed by atoms with Crippen LogP contribution in [0, 0.1) is 23.2 Å². The summed E-state index contributed by atoms with van der Waals surface area (Å²) in [6.45, 7) is 19.0. The average Bonchev–Trinajstić information content (AvgIpc) is 2.96. The predicted molar refractivity (Wildman–Crippen MR) is 116 cm³/mol. The SMILES string of the molecule is C=C1CCC[C@@]2(C)C1CCC2[C@@H](C)CCCC.C=C1C[C@@H](O)C(=C)[C@H](O)C1. The summed E-state index contributed by atoms with van der Waals surface area (Å²) in [7, 11) is 0. The van der Waals surface area contributed by atoms with Crippen molar-refractivity contribution in [3.8, 4) is 0 Å². The minimum absolute atomic E-state index is 0.521. The maximum absolute atomic E-state index is 9.20. The third-order valence-electron chi connectivity index (χ3n) is 7.64. The smallest absolute Gasteiger partial charge is 0.0809 e. The second-order valence-corrected chi connectivity index (χ2v) is 9.64. The summed E-state index contributed by atoms with van der Waals surface area (Å²) in [6, 6.07) is 0. The number of unbranched alkanes of at least 4 members (excludes halogenated alkanes) is 1. The Hall–Kier alpha value is -0.860. The van der Waals surface area contributed by atoms with Gasteiger partial charge < -0.3 is 10.2 Å². The van der Waals surface area contributed by atoms with Gasteiger partial charge in [-0.2, -0.15) is 0 Å². The van der Waals surface area contributed by atoms with Crippen molar-refractivity contribution in [3.05, 3.63) is 36.5 Å². The predicted octanol–water partition coefficient (Wildman–Crippen LogP) is 6.20. The van der Waals surface area contributed by atoms with E-state index in [1.165, 1.54) is 51.4 Å². The highest BCUT2D eigenvalue weighted by atomic mass is 16.3. The molecule has 6 atom stereocenters. The number of rotatable bonds is 4. The maximum Gasteiger partial charge on any atom is 0.0809 e. The van der Waals surface area contributed by atoms with E-state index in [-0.39, 0.29) is 0 Å². The molecule has 0 aromatic heterocycles. The topological polar surface area (TPSA) is 40.5 Å². The molecule has 2 unspecified atom stereocenters. The number of aliphatic hydroxyl groups is 2. The molecule has 27 heavy (non-hydrogen) atoms. The summed E-state index contributed by atoms with van der Waals surface area (Å²) in [6.07, 6.45) is 11.2. The Labute approximate surface area is 167 Å². The van der Waals surface area contributed by atoms with Crippen molar-refractivity contribution in [2.24, 2.45) is 23.2 Å². The van der Waals surface area contributed by atoms with Gasteiger partial charge in [-0.05, 0) is 73.7 Å². The molecule has 3 rings (SSSR count). The van der Waals surface area contributed by atoms with Gasteiger partial charge in [-0.25, -0.2) is 0 Å². The molecule has 0 radical (unpaired) electrons. The zero-order valence-corrected chi connectivity index (χ0v) is 18.0. The second kappa shape index (κ2) is 9.56. The van der Waals surface area contributed by atoms with E-state index in [2.05, 4.69) is 40.5 Å². The van der Waals surface area contributed by atoms with Crippen LogP contribution in [-0.2, 0) is 0 Å². The highest BCUT2D eigenvalue weighted by Crippen LogP contribution is 2.59. The lowest BCUT2D eigenvalue weighted by molar-refractivity contribution is 0.0937. The van der Waals surface area contributed by atoms with Gasteiger partial charge in [0.05, 0.1) is 12.2 Å². The third kappa shape index (κ3) is 5.15. The first-order chi connectivity index (χ1) is 12.7. The molecular formula is C25H42O2. The first kappa shape index (κ1) is 22.4. The van der Waals surface area contributed by atoms with Crippen LogP contribution in [0.5, 0.6) is 0 Å². The monoisotopic (exact) mass is 374 g/mol. The van der Waals surface area contributed by atoms with E-state index in [0.717, 1.165) is 23.3 Å². The van der Waals surface area contributed by atoms with Gasteiger partial charge in [0.1, 0.15) is 0 Å². The molecule has 0 heterocycles. The number of hydrogen-bond donors (Lipinski definition) is 2. The van der Waals surface area contributed by atoms with Gasteiger partial charge in [-0.15, -0.1) is 0 Å². The third-order valence-corrected chi connectivity index (χ3v) is 7.64. The average molecular weight is 375 g/mol. The van der Waals surface area contributed by atoms with Gasteiger partial charge in [-0.1, -0.05) is 70.9 Å². The Kier molecular flexibility index (Phi) is 7.94. The quantitative estimate of drug-likeness (QED) is 0.575. The Balaban J connectivity index is 0.000000223. The van der Waals surface area contributed by atoms with Crippen LogP contribution in [0.1, 0.15) is 85.0 Å². The van der Waals surface area contributed by atoms with E-state index in [1.54, 1.807) is 5.57 Å². The van der Waals surface area contributed by atoms with Gasteiger partial charge >= 0.3 is 0 Å². The molecule has 3 fully saturated rings. The van der Waals surface area contributed by atoms with E-state index < -0.39 is 12.2 Å². The zero-order chi connectivity index (χ0) is 20.2. The van der Waals surface area contributed by atoms with Crippen LogP contribution in [0.3, 0.4) is 0 Å². The van der Waals surface area contributed by atoms with E-state index in [1.807, 2.05) is 0 Å². The summed E-state index contributed by atoms with van der Waals surface area (Å²) in [5.74, 6) is 2.75. The maximum atomic E-state index is 9.20. The molecule has 0 saturated heterocycles. The highest BCUT2D eigenvalue weighted by molar-refractivity contribution is 5.20. The fourth-order valence-corrected chi connectivity index (χ4v) is 5.94. The summed E-state index contributed by atoms with van der Waals surface area (Å²) >= 11 is 0. The van der Waals surface area contributed by atoms with Gasteiger partial charge in [0.25, 0.3) is 0 Å². The Bertz CT molecular complexity index is 533. The van der Waals surface area contributed by atoms with Gasteiger partial charge in [0.15, 0.2) is 0 Å². The fourth-order valence-electron chi connectivity index (χ4n) is 5.94. The molecule has 0 spiro atoms. The number of allylic oxidation sites excluding steroid dienone is 1. The highest BCUT2D eigenvalue weighted by Gasteiger charge is 2.49. The molecule has 3 aliphatic carbocycles. The minimum atomic E-state index is -0.587. The standard InChI is InChI=1S/C17H30.C8H12O2/c1-5-6-8-13(2)15-10-11-16-14(3)9-7-12-17(15,16)4;1-5-3-7(9)6(2)8(10)4-5/h13,15-16H,3,5-12H2,1-2,4H3;7-10H,1-4H2/t13-,15?,16?,17+;7-,8-/m01/s1. The largest absolute Gasteiger partial charge is 0.388 e. The first-order valence-electron chi connectivity index (χ1n) is 11.1. The molecule has 0 aromatic rings. The molecular weight excluding hydrogens is 332 g/mol. The lowest BCUT2D eigenvalue weighted by Gasteiger charge is -2.44. The lowest BCUT2D eigenvalue weighted by Crippen LogP contribution is -2.35. The molecule has 2 N–H and O–H groups in total. The van der Waals surface area contributed by atoms with Crippen molar-refractivity contribution >= 4 is 0 Å². The molecule has 0 amide bonds. The number of hydrogen-bond acceptors (Lipinski definition) is 2. The first-order valence-corrected chi connectivity index (χ1v) is 11.1. The van der Waals surface area contributed by atoms with Crippen LogP contribution < -0.4 is 0 Å². The summed E-state index contributed by atoms with van der Waals surface area (Å²) in [4.78, 5) is 0. The number of fused-ring (bicyclic) bond motifs is 1. The van der Waals surface area contributed by atoms with E-state index >= 15 is 0 Å². The second-order valence-electron chi connectivity index (χ2n) is 9.64. The van der Waals surface area contributed by atoms with E-state index in [4.69, 9.17) is 0 Å². The van der Waals surface area contributed by atoms with Crippen LogP contribution in [-0.4, -0.2) is 22.4 Å². The van der Waals surface area contributed by atoms with E-state index in [0.29, 0.717) is 23.8 Å². The van der Waals surface area contributed by atoms with Crippen molar-refractivity contribution in [1.82, 2.24) is 0 Å². The van der Waals surface area contributed by atoms with Crippen molar-refractivity contribution in [2.45, 2.75) is 97.2 Å². The lowest BCUT2D eigenvalue weighted by atomic mass is 9.61. The van der Waals surface area contributed by atoms with Crippen LogP contribution in [0.25, 0.3) is 0 Å². The summed E-state index contributed by atoms with van der Waals surface area (Å²) < 4.78 is 0. The molecule has 154 valence electrons. The molecule has 3 aliphatic rings. The van der Waals surface area contributed by atoms with Crippen molar-refractivity contribution in [1.29, 1.82) is 0 Å². The Morgan fingerprint density at radius 3 is 2.33 bits per heavy atom. The summed E-state index contributed by atoms with van der Waals surface area (Å²) in [5, 5.41) is 18.4. The van der Waals surface area contributed by atoms with Crippen molar-refractivity contribution in [2.75, 3.05) is 0 Å². The molecule has 0 aromatic carbocycles. The van der Waals surface area contributed by atoms with Crippen LogP contribution in [0.4, 0.5) is 0 Å². The Morgan fingerprint density at radius 2 is 1.74 bits per heavy atom. The normalized spacial score (nSPS) is 37.4. The fraction of sp³-hybridized carbons (Fsp3) is 0.760. The van der Waals surface area contributed by atoms with Gasteiger partial charge in [0.2, 0.25) is 0 Å². The van der Waals surface area contributed by atoms with Crippen LogP contribution in [0.15, 0.2) is 36.5 Å². The van der Waals surface area contributed by atoms with Crippen LogP contribution in [0.2, 0.25) is 0 Å². The summed E-state index contributed by atoms with van der Waals surface area (Å²) in [5.41, 5.74) is 3.59. The molecule has 3 saturated carbocycles. The molecule has 2 nitrogen and oxygen atoms in total. The van der Waals surface area contributed by atoms with Gasteiger partial charge in [0, 0.05) is 0 Å². The zero-order valence-electron chi connectivity index (χ0n) is 18.0. The van der Waals surface area contributed by atoms with Crippen LogP contribution >= 0.6 is 0 Å². The van der Waals surface area contributed by atoms with Gasteiger partial charge in [-0.3, -0.25) is 0 Å². The van der Waals surface area contributed by atoms with Crippen molar-refractivity contribution in [3.63, 3.8) is 0 Å². The molecule has 2 heteroatoms. The Morgan fingerprint density at radius 1 is 1.11 bits per heavy atom. The van der Waals surface area contributed by atoms with Crippen molar-refractivity contribution < 1.29 is 10.2 Å². The molecule has 0 aliphatic heterocycles. The molecule has 0 bridgehead atoms. The minimum Gasteiger partial charge on any atom is -0.388 e. The van der Waals surface area contributed by atoms with E-state index in [9.17, 15) is 10.2 Å². The number of aliphatic hydroxyl groups excluding tert-OH is 2.